The van der Waals surface area contributed by atoms with Gasteiger partial charge in [-0.3, -0.25) is 4.68 Å². The van der Waals surface area contributed by atoms with E-state index in [4.69, 9.17) is 4.74 Å². The fraction of sp³-hybridized carbons (Fsp3) is 0.500. The van der Waals surface area contributed by atoms with Crippen LogP contribution in [0.1, 0.15) is 30.8 Å². The summed E-state index contributed by atoms with van der Waals surface area (Å²) in [5.41, 5.74) is 2.82. The Hall–Kier alpha value is -1.95. The predicted octanol–water partition coefficient (Wildman–Crippen LogP) is 2.12. The molecule has 0 atom stereocenters. The number of aromatic nitrogens is 4. The molecule has 0 unspecified atom stereocenters. The van der Waals surface area contributed by atoms with Gasteiger partial charge in [0.15, 0.2) is 5.75 Å². The molecule has 0 amide bonds. The second-order valence-electron chi connectivity index (χ2n) is 5.14. The highest BCUT2D eigenvalue weighted by atomic mass is 16.5. The number of ether oxygens (including phenoxy) is 1. The van der Waals surface area contributed by atoms with Crippen LogP contribution in [0.2, 0.25) is 0 Å². The first kappa shape index (κ1) is 14.5. The molecule has 0 aliphatic heterocycles. The Morgan fingerprint density at radius 1 is 1.25 bits per heavy atom. The zero-order valence-electron chi connectivity index (χ0n) is 12.6. The van der Waals surface area contributed by atoms with Gasteiger partial charge in [0.1, 0.15) is 5.69 Å². The van der Waals surface area contributed by atoms with Crippen molar-refractivity contribution in [3.63, 3.8) is 0 Å². The molecular formula is C14H21N5O. The average molecular weight is 275 g/mol. The predicted molar refractivity (Wildman–Crippen MR) is 76.8 cm³/mol. The highest BCUT2D eigenvalue weighted by Gasteiger charge is 2.12. The Morgan fingerprint density at radius 2 is 1.90 bits per heavy atom. The third-order valence-corrected chi connectivity index (χ3v) is 3.03. The van der Waals surface area contributed by atoms with Gasteiger partial charge >= 0.3 is 6.01 Å². The van der Waals surface area contributed by atoms with Crippen molar-refractivity contribution in [3.8, 4) is 11.8 Å². The van der Waals surface area contributed by atoms with E-state index >= 15 is 0 Å². The quantitative estimate of drug-likeness (QED) is 0.905. The molecule has 6 heteroatoms. The molecule has 0 radical (unpaired) electrons. The fourth-order valence-corrected chi connectivity index (χ4v) is 1.80. The van der Waals surface area contributed by atoms with E-state index in [2.05, 4.69) is 34.2 Å². The minimum atomic E-state index is 0.345. The van der Waals surface area contributed by atoms with Crippen LogP contribution in [0.15, 0.2) is 12.4 Å². The van der Waals surface area contributed by atoms with E-state index in [9.17, 15) is 0 Å². The summed E-state index contributed by atoms with van der Waals surface area (Å²) in [7, 11) is 1.89. The highest BCUT2D eigenvalue weighted by molar-refractivity contribution is 5.33. The zero-order chi connectivity index (χ0) is 14.7. The van der Waals surface area contributed by atoms with E-state index in [1.165, 1.54) is 0 Å². The normalized spacial score (nSPS) is 11.1. The summed E-state index contributed by atoms with van der Waals surface area (Å²) in [6.07, 6.45) is 3.55. The minimum absolute atomic E-state index is 0.345. The maximum atomic E-state index is 5.72. The summed E-state index contributed by atoms with van der Waals surface area (Å²) >= 11 is 0. The molecule has 0 aromatic carbocycles. The van der Waals surface area contributed by atoms with Crippen molar-refractivity contribution in [3.05, 3.63) is 29.3 Å². The van der Waals surface area contributed by atoms with Crippen LogP contribution >= 0.6 is 0 Å². The van der Waals surface area contributed by atoms with E-state index in [-0.39, 0.29) is 0 Å². The van der Waals surface area contributed by atoms with Crippen molar-refractivity contribution in [1.29, 1.82) is 0 Å². The van der Waals surface area contributed by atoms with Gasteiger partial charge in [0.25, 0.3) is 0 Å². The monoisotopic (exact) mass is 275 g/mol. The molecule has 0 spiro atoms. The van der Waals surface area contributed by atoms with E-state index in [0.29, 0.717) is 12.1 Å². The van der Waals surface area contributed by atoms with E-state index in [1.54, 1.807) is 17.1 Å². The maximum Gasteiger partial charge on any atom is 0.322 e. The molecule has 1 N–H and O–H groups in total. The largest absolute Gasteiger partial charge is 0.420 e. The van der Waals surface area contributed by atoms with Gasteiger partial charge < -0.3 is 10.1 Å². The molecule has 2 aromatic rings. The molecule has 0 aliphatic carbocycles. The first-order chi connectivity index (χ1) is 9.47. The van der Waals surface area contributed by atoms with E-state index < -0.39 is 0 Å². The second kappa shape index (κ2) is 6.00. The van der Waals surface area contributed by atoms with Crippen LogP contribution in [-0.2, 0) is 13.6 Å². The number of rotatable bonds is 5. The van der Waals surface area contributed by atoms with Gasteiger partial charge in [0.2, 0.25) is 0 Å². The molecule has 108 valence electrons. The molecule has 20 heavy (non-hydrogen) atoms. The van der Waals surface area contributed by atoms with Gasteiger partial charge in [-0.2, -0.15) is 5.10 Å². The number of hydrogen-bond acceptors (Lipinski definition) is 5. The summed E-state index contributed by atoms with van der Waals surface area (Å²) in [4.78, 5) is 8.47. The van der Waals surface area contributed by atoms with Crippen molar-refractivity contribution in [1.82, 2.24) is 25.1 Å². The van der Waals surface area contributed by atoms with Gasteiger partial charge in [-0.25, -0.2) is 9.97 Å². The van der Waals surface area contributed by atoms with Crippen LogP contribution in [0.25, 0.3) is 0 Å². The van der Waals surface area contributed by atoms with Gasteiger partial charge in [-0.1, -0.05) is 13.8 Å². The van der Waals surface area contributed by atoms with Crippen molar-refractivity contribution < 1.29 is 4.74 Å². The van der Waals surface area contributed by atoms with Gasteiger partial charge in [0.05, 0.1) is 5.69 Å². The van der Waals surface area contributed by atoms with Crippen LogP contribution in [0.3, 0.4) is 0 Å². The fourth-order valence-electron chi connectivity index (χ4n) is 1.80. The molecule has 0 saturated heterocycles. The Morgan fingerprint density at radius 3 is 2.40 bits per heavy atom. The molecule has 0 aliphatic rings. The zero-order valence-corrected chi connectivity index (χ0v) is 12.6. The van der Waals surface area contributed by atoms with Crippen LogP contribution in [0.4, 0.5) is 0 Å². The molecule has 2 rings (SSSR count). The number of aryl methyl sites for hydroxylation is 2. The van der Waals surface area contributed by atoms with Gasteiger partial charge in [-0.05, 0) is 13.8 Å². The summed E-state index contributed by atoms with van der Waals surface area (Å²) < 4.78 is 7.50. The molecule has 0 fully saturated rings. The summed E-state index contributed by atoms with van der Waals surface area (Å²) in [5, 5.41) is 7.62. The Labute approximate surface area is 119 Å². The lowest BCUT2D eigenvalue weighted by Crippen LogP contribution is -2.21. The van der Waals surface area contributed by atoms with Crippen LogP contribution in [0, 0.1) is 13.8 Å². The Bertz CT molecular complexity index is 574. The van der Waals surface area contributed by atoms with Gasteiger partial charge in [0, 0.05) is 37.6 Å². The summed E-state index contributed by atoms with van der Waals surface area (Å²) in [6.45, 7) is 8.82. The lowest BCUT2D eigenvalue weighted by Gasteiger charge is -2.08. The van der Waals surface area contributed by atoms with Crippen LogP contribution in [-0.4, -0.2) is 25.8 Å². The summed E-state index contributed by atoms with van der Waals surface area (Å²) in [6, 6.07) is 0.782. The first-order valence-corrected chi connectivity index (χ1v) is 6.69. The SMILES string of the molecule is Cc1nn(C)c(C)c1Oc1ncc(CNC(C)C)cn1. The van der Waals surface area contributed by atoms with Crippen molar-refractivity contribution in [2.75, 3.05) is 0 Å². The standard InChI is InChI=1S/C14H21N5O/c1-9(2)15-6-12-7-16-14(17-8-12)20-13-10(3)18-19(5)11(13)4/h7-9,15H,6H2,1-5H3. The molecule has 2 heterocycles. The van der Waals surface area contributed by atoms with Crippen molar-refractivity contribution in [2.45, 2.75) is 40.3 Å². The average Bonchev–Trinajstić information content (AvgIpc) is 2.64. The molecule has 0 saturated carbocycles. The molecule has 0 bridgehead atoms. The number of nitrogens with zero attached hydrogens (tertiary/aromatic N) is 4. The van der Waals surface area contributed by atoms with Gasteiger partial charge in [-0.15, -0.1) is 0 Å². The Kier molecular flexibility index (Phi) is 4.34. The first-order valence-electron chi connectivity index (χ1n) is 6.69. The number of nitrogens with one attached hydrogen (secondary N) is 1. The molecule has 2 aromatic heterocycles. The van der Waals surface area contributed by atoms with E-state index in [1.807, 2.05) is 20.9 Å². The van der Waals surface area contributed by atoms with Crippen LogP contribution < -0.4 is 10.1 Å². The third-order valence-electron chi connectivity index (χ3n) is 3.03. The van der Waals surface area contributed by atoms with Crippen molar-refractivity contribution in [2.24, 2.45) is 7.05 Å². The molecule has 6 nitrogen and oxygen atoms in total. The lowest BCUT2D eigenvalue weighted by molar-refractivity contribution is 0.433. The third kappa shape index (κ3) is 3.33. The van der Waals surface area contributed by atoms with E-state index in [0.717, 1.165) is 29.2 Å². The minimum Gasteiger partial charge on any atom is -0.420 e. The summed E-state index contributed by atoms with van der Waals surface area (Å²) in [5.74, 6) is 0.723. The smallest absolute Gasteiger partial charge is 0.322 e. The molecular weight excluding hydrogens is 254 g/mol. The Balaban J connectivity index is 2.07. The van der Waals surface area contributed by atoms with Crippen LogP contribution in [0.5, 0.6) is 11.8 Å². The number of hydrogen-bond donors (Lipinski definition) is 1. The maximum absolute atomic E-state index is 5.72. The topological polar surface area (TPSA) is 64.9 Å². The highest BCUT2D eigenvalue weighted by Crippen LogP contribution is 2.25. The lowest BCUT2D eigenvalue weighted by atomic mass is 10.3. The van der Waals surface area contributed by atoms with Crippen molar-refractivity contribution >= 4 is 0 Å². The second-order valence-corrected chi connectivity index (χ2v) is 5.14.